The molecule has 0 saturated carbocycles. The number of hydrogen-bond donors (Lipinski definition) is 3. The second-order valence-electron chi connectivity index (χ2n) is 15.2. The Balaban J connectivity index is 0.000000215. The zero-order valence-electron chi connectivity index (χ0n) is 33.4. The summed E-state index contributed by atoms with van der Waals surface area (Å²) in [6, 6.07) is 32.8. The van der Waals surface area contributed by atoms with Crippen molar-refractivity contribution in [2.24, 2.45) is 0 Å². The Hall–Kier alpha value is -5.28. The molecule has 2 fully saturated rings. The molecule has 2 aliphatic rings. The van der Waals surface area contributed by atoms with Crippen molar-refractivity contribution in [2.75, 3.05) is 32.3 Å². The van der Waals surface area contributed by atoms with Gasteiger partial charge in [-0.2, -0.15) is 0 Å². The first-order valence-corrected chi connectivity index (χ1v) is 25.9. The van der Waals surface area contributed by atoms with Crippen LogP contribution >= 0.6 is 22.7 Å². The van der Waals surface area contributed by atoms with E-state index < -0.39 is 40.6 Å². The highest BCUT2D eigenvalue weighted by atomic mass is 32.2. The lowest BCUT2D eigenvalue weighted by molar-refractivity contribution is -0.124. The van der Waals surface area contributed by atoms with Gasteiger partial charge in [0, 0.05) is 54.0 Å². The topological polar surface area (TPSA) is 188 Å². The van der Waals surface area contributed by atoms with E-state index >= 15 is 0 Å². The molecule has 2 amide bonds. The number of aromatic nitrogens is 2. The Morgan fingerprint density at radius 1 is 0.656 bits per heavy atom. The molecule has 2 atom stereocenters. The molecule has 4 aromatic carbocycles. The van der Waals surface area contributed by atoms with Crippen LogP contribution in [0.15, 0.2) is 142 Å². The van der Waals surface area contributed by atoms with Crippen molar-refractivity contribution in [1.82, 2.24) is 9.97 Å². The quantitative estimate of drug-likeness (QED) is 0.129. The second kappa shape index (κ2) is 18.0. The number of sulfonamides is 2. The number of aliphatic hydroxyl groups excluding tert-OH is 1. The summed E-state index contributed by atoms with van der Waals surface area (Å²) in [4.78, 5) is 36.7. The number of aliphatic hydroxyl groups is 1. The third-order valence-corrected chi connectivity index (χ3v) is 19.7. The standard InChI is InChI=1S/C29H31N3O4S2Si.C13H13N3O4S2/c1-29(2,3)39(24-10-6-4-7-11-24,25-12-8-5-9-13-25)36-26-18-20-32(27(26)33)22-14-16-23(17-15-22)38(34,35)31-28-30-19-21-37-28;17-11-5-7-16(12(11)18)9-1-3-10(4-2-9)22(19,20)15-13-14-6-8-21-13/h4-17,19,21,26H,18,20H2,1-3H3,(H,30,31);1-4,6,8,11,17H,5,7H2,(H,14,15)/t26-;11-/m00/s1. The molecule has 0 bridgehead atoms. The van der Waals surface area contributed by atoms with E-state index in [0.717, 1.165) is 10.4 Å². The molecular formula is C42H44N6O8S4Si. The first kappa shape index (κ1) is 43.8. The third-order valence-electron chi connectivity index (χ3n) is 10.3. The van der Waals surface area contributed by atoms with Crippen LogP contribution in [0.3, 0.4) is 0 Å². The van der Waals surface area contributed by atoms with E-state index in [1.54, 1.807) is 39.9 Å². The fourth-order valence-electron chi connectivity index (χ4n) is 7.35. The molecule has 2 aliphatic heterocycles. The van der Waals surface area contributed by atoms with Gasteiger partial charge in [0.25, 0.3) is 40.2 Å². The summed E-state index contributed by atoms with van der Waals surface area (Å²) >= 11 is 2.39. The van der Waals surface area contributed by atoms with E-state index in [1.807, 2.05) is 36.4 Å². The van der Waals surface area contributed by atoms with E-state index in [2.05, 4.69) is 64.4 Å². The molecule has 2 saturated heterocycles. The number of thiazole rings is 2. The van der Waals surface area contributed by atoms with E-state index in [1.165, 1.54) is 64.2 Å². The van der Waals surface area contributed by atoms with Crippen molar-refractivity contribution in [3.05, 3.63) is 132 Å². The number of carbonyl (C=O) groups excluding carboxylic acids is 2. The molecule has 0 unspecified atom stereocenters. The van der Waals surface area contributed by atoms with E-state index in [0.29, 0.717) is 47.6 Å². The monoisotopic (exact) mass is 916 g/mol. The summed E-state index contributed by atoms with van der Waals surface area (Å²) in [6.07, 6.45) is 2.40. The van der Waals surface area contributed by atoms with Gasteiger partial charge in [0.15, 0.2) is 10.3 Å². The van der Waals surface area contributed by atoms with Crippen LogP contribution in [-0.4, -0.2) is 77.3 Å². The van der Waals surface area contributed by atoms with Gasteiger partial charge in [0.1, 0.15) is 12.2 Å². The van der Waals surface area contributed by atoms with Crippen LogP contribution in [0.4, 0.5) is 21.6 Å². The van der Waals surface area contributed by atoms with Gasteiger partial charge in [-0.05, 0) is 70.4 Å². The Labute approximate surface area is 364 Å². The fraction of sp³-hybridized carbons (Fsp3) is 0.238. The number of anilines is 4. The smallest absolute Gasteiger partial charge is 0.263 e. The molecular weight excluding hydrogens is 873 g/mol. The Morgan fingerprint density at radius 3 is 1.46 bits per heavy atom. The lowest BCUT2D eigenvalue weighted by Crippen LogP contribution is -2.68. The van der Waals surface area contributed by atoms with Crippen molar-refractivity contribution in [3.63, 3.8) is 0 Å². The SMILES string of the molecule is CC(C)(C)[Si](O[C@H]1CCN(c2ccc(S(=O)(=O)Nc3nccs3)cc2)C1=O)(c1ccccc1)c1ccccc1.O=C1[C@@H](O)CCN1c1ccc(S(=O)(=O)Nc2nccs2)cc1. The minimum atomic E-state index is -3.77. The summed E-state index contributed by atoms with van der Waals surface area (Å²) in [6.45, 7) is 7.48. The minimum Gasteiger partial charge on any atom is -0.395 e. The van der Waals surface area contributed by atoms with Gasteiger partial charge in [0.05, 0.1) is 9.79 Å². The minimum absolute atomic E-state index is 0.0821. The molecule has 0 radical (unpaired) electrons. The fourth-order valence-corrected chi connectivity index (χ4v) is 15.6. The predicted octanol–water partition coefficient (Wildman–Crippen LogP) is 5.67. The van der Waals surface area contributed by atoms with E-state index in [-0.39, 0.29) is 26.6 Å². The van der Waals surface area contributed by atoms with Gasteiger partial charge in [-0.3, -0.25) is 19.0 Å². The van der Waals surface area contributed by atoms with E-state index in [4.69, 9.17) is 4.43 Å². The van der Waals surface area contributed by atoms with Gasteiger partial charge in [-0.15, -0.1) is 22.7 Å². The van der Waals surface area contributed by atoms with Gasteiger partial charge in [-0.25, -0.2) is 26.8 Å². The van der Waals surface area contributed by atoms with Crippen molar-refractivity contribution < 1.29 is 36.0 Å². The summed E-state index contributed by atoms with van der Waals surface area (Å²) < 4.78 is 61.7. The van der Waals surface area contributed by atoms with Crippen LogP contribution < -0.4 is 29.6 Å². The molecule has 2 aromatic heterocycles. The van der Waals surface area contributed by atoms with Gasteiger partial charge < -0.3 is 19.3 Å². The molecule has 0 aliphatic carbocycles. The Bertz CT molecular complexity index is 2610. The first-order chi connectivity index (χ1) is 29.1. The highest BCUT2D eigenvalue weighted by molar-refractivity contribution is 7.93. The lowest BCUT2D eigenvalue weighted by atomic mass is 10.2. The Kier molecular flexibility index (Phi) is 12.9. The number of nitrogens with one attached hydrogen (secondary N) is 2. The molecule has 8 rings (SSSR count). The molecule has 4 heterocycles. The molecule has 19 heteroatoms. The van der Waals surface area contributed by atoms with Crippen molar-refractivity contribution in [2.45, 2.75) is 60.7 Å². The molecule has 14 nitrogen and oxygen atoms in total. The van der Waals surface area contributed by atoms with Crippen LogP contribution in [0, 0.1) is 0 Å². The predicted molar refractivity (Wildman–Crippen MR) is 241 cm³/mol. The summed E-state index contributed by atoms with van der Waals surface area (Å²) in [7, 11) is -10.4. The molecule has 0 spiro atoms. The number of rotatable bonds is 12. The average molecular weight is 917 g/mol. The zero-order chi connectivity index (χ0) is 43.4. The maximum atomic E-state index is 13.8. The Morgan fingerprint density at radius 2 is 1.08 bits per heavy atom. The maximum Gasteiger partial charge on any atom is 0.263 e. The van der Waals surface area contributed by atoms with E-state index in [9.17, 15) is 31.5 Å². The number of amides is 2. The lowest BCUT2D eigenvalue weighted by Gasteiger charge is -2.44. The van der Waals surface area contributed by atoms with Crippen LogP contribution in [0.1, 0.15) is 33.6 Å². The van der Waals surface area contributed by atoms with Crippen molar-refractivity contribution in [3.8, 4) is 0 Å². The zero-order valence-corrected chi connectivity index (χ0v) is 37.7. The number of carbonyl (C=O) groups is 2. The summed E-state index contributed by atoms with van der Waals surface area (Å²) in [5.41, 5.74) is 1.21. The molecule has 318 valence electrons. The first-order valence-electron chi connectivity index (χ1n) is 19.2. The van der Waals surface area contributed by atoms with Crippen molar-refractivity contribution >= 4 is 94.9 Å². The molecule has 6 aromatic rings. The second-order valence-corrected chi connectivity index (χ2v) is 24.6. The van der Waals surface area contributed by atoms with Crippen molar-refractivity contribution in [1.29, 1.82) is 0 Å². The highest BCUT2D eigenvalue weighted by Gasteiger charge is 2.53. The largest absolute Gasteiger partial charge is 0.395 e. The molecule has 3 N–H and O–H groups in total. The van der Waals surface area contributed by atoms with Crippen LogP contribution in [-0.2, 0) is 34.1 Å². The van der Waals surface area contributed by atoms with Crippen LogP contribution in [0.2, 0.25) is 5.04 Å². The number of hydrogen-bond acceptors (Lipinski definition) is 12. The van der Waals surface area contributed by atoms with Gasteiger partial charge in [0.2, 0.25) is 0 Å². The number of nitrogens with zero attached hydrogens (tertiary/aromatic N) is 4. The van der Waals surface area contributed by atoms with Gasteiger partial charge in [-0.1, -0.05) is 81.4 Å². The highest BCUT2D eigenvalue weighted by Crippen LogP contribution is 2.39. The number of benzene rings is 4. The normalized spacial score (nSPS) is 17.2. The maximum absolute atomic E-state index is 13.8. The average Bonchev–Trinajstić information content (AvgIpc) is 4.08. The summed E-state index contributed by atoms with van der Waals surface area (Å²) in [5, 5.41) is 15.4. The summed E-state index contributed by atoms with van der Waals surface area (Å²) in [5.74, 6) is -0.476. The molecule has 61 heavy (non-hydrogen) atoms. The van der Waals surface area contributed by atoms with Crippen LogP contribution in [0.25, 0.3) is 0 Å². The van der Waals surface area contributed by atoms with Gasteiger partial charge >= 0.3 is 0 Å². The van der Waals surface area contributed by atoms with Crippen LogP contribution in [0.5, 0.6) is 0 Å². The third kappa shape index (κ3) is 9.47.